The normalized spacial score (nSPS) is 17.9. The van der Waals surface area contributed by atoms with Crippen molar-refractivity contribution in [3.05, 3.63) is 29.3 Å². The van der Waals surface area contributed by atoms with E-state index < -0.39 is 0 Å². The van der Waals surface area contributed by atoms with Crippen LogP contribution < -0.4 is 0 Å². The van der Waals surface area contributed by atoms with Gasteiger partial charge in [0, 0.05) is 11.6 Å². The van der Waals surface area contributed by atoms with Crippen molar-refractivity contribution in [2.24, 2.45) is 4.99 Å². The summed E-state index contributed by atoms with van der Waals surface area (Å²) in [6.07, 6.45) is 2.03. The van der Waals surface area contributed by atoms with Gasteiger partial charge in [0.2, 0.25) is 0 Å². The van der Waals surface area contributed by atoms with Crippen LogP contribution in [0.4, 0.5) is 5.69 Å². The molecular weight excluding hydrogens is 146 g/mol. The zero-order valence-corrected chi connectivity index (χ0v) is 7.76. The molecule has 0 radical (unpaired) electrons. The van der Waals surface area contributed by atoms with Crippen LogP contribution in [-0.4, -0.2) is 6.21 Å². The smallest absolute Gasteiger partial charge is 0.0696 e. The molecule has 12 heavy (non-hydrogen) atoms. The second kappa shape index (κ2) is 2.19. The molecule has 2 rings (SSSR count). The summed E-state index contributed by atoms with van der Waals surface area (Å²) < 4.78 is 0. The number of nitrogens with zero attached hydrogens (tertiary/aromatic N) is 1. The third kappa shape index (κ3) is 0.893. The Morgan fingerprint density at radius 3 is 2.67 bits per heavy atom. The van der Waals surface area contributed by atoms with Gasteiger partial charge in [0.15, 0.2) is 0 Å². The van der Waals surface area contributed by atoms with E-state index in [-0.39, 0.29) is 5.41 Å². The van der Waals surface area contributed by atoms with Gasteiger partial charge in [-0.05, 0) is 18.1 Å². The quantitative estimate of drug-likeness (QED) is 0.552. The predicted molar refractivity (Wildman–Crippen MR) is 52.4 cm³/mol. The van der Waals surface area contributed by atoms with Gasteiger partial charge in [-0.1, -0.05) is 32.0 Å². The van der Waals surface area contributed by atoms with E-state index in [0.29, 0.717) is 0 Å². The lowest BCUT2D eigenvalue weighted by Crippen LogP contribution is -2.14. The number of para-hydroxylation sites is 1. The molecule has 1 aliphatic rings. The van der Waals surface area contributed by atoms with Crippen molar-refractivity contribution in [2.75, 3.05) is 0 Å². The highest BCUT2D eigenvalue weighted by molar-refractivity contribution is 5.85. The molecule has 0 atom stereocenters. The van der Waals surface area contributed by atoms with Crippen molar-refractivity contribution in [2.45, 2.75) is 26.2 Å². The van der Waals surface area contributed by atoms with Gasteiger partial charge < -0.3 is 0 Å². The summed E-state index contributed by atoms with van der Waals surface area (Å²) in [4.78, 5) is 4.43. The SMILES string of the molecule is Cc1cccc2c1N=CC2(C)C. The molecule has 0 saturated carbocycles. The standard InChI is InChI=1S/C11H13N/c1-8-5-4-6-9-10(8)12-7-11(9,2)3/h4-7H,1-3H3. The summed E-state index contributed by atoms with van der Waals surface area (Å²) in [5.41, 5.74) is 3.92. The highest BCUT2D eigenvalue weighted by Gasteiger charge is 2.26. The summed E-state index contributed by atoms with van der Waals surface area (Å²) in [7, 11) is 0. The number of aliphatic imine (C=N–C) groups is 1. The fourth-order valence-electron chi connectivity index (χ4n) is 1.65. The molecule has 0 spiro atoms. The molecule has 1 aromatic carbocycles. The van der Waals surface area contributed by atoms with E-state index in [2.05, 4.69) is 44.0 Å². The highest BCUT2D eigenvalue weighted by Crippen LogP contribution is 2.38. The lowest BCUT2D eigenvalue weighted by molar-refractivity contribution is 0.752. The molecule has 1 heterocycles. The van der Waals surface area contributed by atoms with Crippen molar-refractivity contribution >= 4 is 11.9 Å². The van der Waals surface area contributed by atoms with Crippen molar-refractivity contribution in [1.29, 1.82) is 0 Å². The Hall–Kier alpha value is -1.11. The summed E-state index contributed by atoms with van der Waals surface area (Å²) >= 11 is 0. The fourth-order valence-corrected chi connectivity index (χ4v) is 1.65. The van der Waals surface area contributed by atoms with Crippen LogP contribution in [0.1, 0.15) is 25.0 Å². The molecule has 1 aromatic rings. The van der Waals surface area contributed by atoms with Crippen molar-refractivity contribution < 1.29 is 0 Å². The first-order valence-electron chi connectivity index (χ1n) is 4.26. The number of hydrogen-bond acceptors (Lipinski definition) is 1. The minimum atomic E-state index is 0.126. The number of rotatable bonds is 0. The van der Waals surface area contributed by atoms with Gasteiger partial charge in [-0.3, -0.25) is 4.99 Å². The second-order valence-corrected chi connectivity index (χ2v) is 3.95. The van der Waals surface area contributed by atoms with E-state index in [0.717, 1.165) is 0 Å². The van der Waals surface area contributed by atoms with Gasteiger partial charge in [0.25, 0.3) is 0 Å². The molecule has 0 bridgehead atoms. The largest absolute Gasteiger partial charge is 0.260 e. The molecule has 62 valence electrons. The monoisotopic (exact) mass is 159 g/mol. The Morgan fingerprint density at radius 1 is 1.25 bits per heavy atom. The van der Waals surface area contributed by atoms with Crippen LogP contribution in [-0.2, 0) is 5.41 Å². The Labute approximate surface area is 73.1 Å². The van der Waals surface area contributed by atoms with Crippen molar-refractivity contribution in [1.82, 2.24) is 0 Å². The summed E-state index contributed by atoms with van der Waals surface area (Å²) in [5, 5.41) is 0. The summed E-state index contributed by atoms with van der Waals surface area (Å²) in [6, 6.07) is 6.37. The van der Waals surface area contributed by atoms with E-state index in [1.165, 1.54) is 16.8 Å². The molecule has 0 fully saturated rings. The maximum atomic E-state index is 4.43. The Balaban J connectivity index is 2.68. The molecule has 0 saturated heterocycles. The second-order valence-electron chi connectivity index (χ2n) is 3.95. The zero-order chi connectivity index (χ0) is 8.77. The average molecular weight is 159 g/mol. The molecule has 0 amide bonds. The zero-order valence-electron chi connectivity index (χ0n) is 7.76. The number of fused-ring (bicyclic) bond motifs is 1. The Bertz CT molecular complexity index is 348. The van der Waals surface area contributed by atoms with Crippen LogP contribution in [0.5, 0.6) is 0 Å². The maximum Gasteiger partial charge on any atom is 0.0696 e. The van der Waals surface area contributed by atoms with E-state index in [1.54, 1.807) is 0 Å². The van der Waals surface area contributed by atoms with Crippen molar-refractivity contribution in [3.63, 3.8) is 0 Å². The van der Waals surface area contributed by atoms with Gasteiger partial charge in [-0.2, -0.15) is 0 Å². The maximum absolute atomic E-state index is 4.43. The van der Waals surface area contributed by atoms with Gasteiger partial charge >= 0.3 is 0 Å². The van der Waals surface area contributed by atoms with Crippen LogP contribution in [0.2, 0.25) is 0 Å². The van der Waals surface area contributed by atoms with E-state index >= 15 is 0 Å². The third-order valence-electron chi connectivity index (χ3n) is 2.45. The summed E-state index contributed by atoms with van der Waals surface area (Å²) in [5.74, 6) is 0. The van der Waals surface area contributed by atoms with Crippen LogP contribution in [0, 0.1) is 6.92 Å². The van der Waals surface area contributed by atoms with Gasteiger partial charge in [-0.25, -0.2) is 0 Å². The van der Waals surface area contributed by atoms with Crippen LogP contribution >= 0.6 is 0 Å². The van der Waals surface area contributed by atoms with Crippen LogP contribution in [0.3, 0.4) is 0 Å². The number of benzene rings is 1. The van der Waals surface area contributed by atoms with E-state index in [9.17, 15) is 0 Å². The minimum Gasteiger partial charge on any atom is -0.260 e. The topological polar surface area (TPSA) is 12.4 Å². The van der Waals surface area contributed by atoms with Gasteiger partial charge in [0.1, 0.15) is 0 Å². The van der Waals surface area contributed by atoms with Crippen LogP contribution in [0.25, 0.3) is 0 Å². The first-order chi connectivity index (χ1) is 5.61. The number of hydrogen-bond donors (Lipinski definition) is 0. The van der Waals surface area contributed by atoms with E-state index in [1.807, 2.05) is 6.21 Å². The third-order valence-corrected chi connectivity index (χ3v) is 2.45. The van der Waals surface area contributed by atoms with E-state index in [4.69, 9.17) is 0 Å². The average Bonchev–Trinajstić information content (AvgIpc) is 2.30. The first kappa shape index (κ1) is 7.53. The van der Waals surface area contributed by atoms with Gasteiger partial charge in [0.05, 0.1) is 5.69 Å². The Morgan fingerprint density at radius 2 is 2.00 bits per heavy atom. The molecule has 1 aliphatic heterocycles. The molecule has 0 aliphatic carbocycles. The molecule has 1 nitrogen and oxygen atoms in total. The number of aryl methyl sites for hydroxylation is 1. The molecule has 1 heteroatoms. The minimum absolute atomic E-state index is 0.126. The fraction of sp³-hybridized carbons (Fsp3) is 0.364. The van der Waals surface area contributed by atoms with Crippen LogP contribution in [0.15, 0.2) is 23.2 Å². The first-order valence-corrected chi connectivity index (χ1v) is 4.26. The predicted octanol–water partition coefficient (Wildman–Crippen LogP) is 2.99. The lowest BCUT2D eigenvalue weighted by Gasteiger charge is -2.15. The molecular formula is C11H13N. The Kier molecular flexibility index (Phi) is 1.38. The molecule has 0 unspecified atom stereocenters. The van der Waals surface area contributed by atoms with Crippen molar-refractivity contribution in [3.8, 4) is 0 Å². The lowest BCUT2D eigenvalue weighted by atomic mass is 9.86. The van der Waals surface area contributed by atoms with Gasteiger partial charge in [-0.15, -0.1) is 0 Å². The molecule has 0 N–H and O–H groups in total. The highest BCUT2D eigenvalue weighted by atomic mass is 14.8. The summed E-state index contributed by atoms with van der Waals surface area (Å²) in [6.45, 7) is 6.50. The molecule has 0 aromatic heterocycles.